The van der Waals surface area contributed by atoms with Crippen molar-refractivity contribution in [3.8, 4) is 11.5 Å². The van der Waals surface area contributed by atoms with E-state index in [0.717, 1.165) is 6.42 Å². The Hall–Kier alpha value is -4.60. The molecule has 0 radical (unpaired) electrons. The Balaban J connectivity index is 1.58. The van der Waals surface area contributed by atoms with Crippen molar-refractivity contribution in [2.24, 2.45) is 5.92 Å². The molecule has 10 nitrogen and oxygen atoms in total. The number of ether oxygens (including phenoxy) is 2. The molecule has 1 aliphatic rings. The van der Waals surface area contributed by atoms with E-state index < -0.39 is 17.7 Å². The van der Waals surface area contributed by atoms with Crippen LogP contribution in [-0.4, -0.2) is 60.9 Å². The van der Waals surface area contributed by atoms with E-state index in [1.54, 1.807) is 49.3 Å². The summed E-state index contributed by atoms with van der Waals surface area (Å²) >= 11 is 0. The molecule has 10 heteroatoms. The number of aliphatic hydroxyl groups excluding tert-OH is 1. The maximum Gasteiger partial charge on any atom is 0.295 e. The first kappa shape index (κ1) is 27.9. The van der Waals surface area contributed by atoms with Gasteiger partial charge in [-0.25, -0.2) is 9.97 Å². The van der Waals surface area contributed by atoms with Crippen molar-refractivity contribution >= 4 is 23.1 Å². The molecule has 4 heterocycles. The van der Waals surface area contributed by atoms with Gasteiger partial charge in [0, 0.05) is 31.7 Å². The van der Waals surface area contributed by atoms with Crippen LogP contribution < -0.4 is 9.47 Å². The van der Waals surface area contributed by atoms with Crippen LogP contribution in [0.4, 0.5) is 0 Å². The molecule has 1 aliphatic heterocycles. The average Bonchev–Trinajstić information content (AvgIpc) is 3.65. The number of amides is 1. The van der Waals surface area contributed by atoms with Gasteiger partial charge in [-0.05, 0) is 55.5 Å². The van der Waals surface area contributed by atoms with Crippen LogP contribution in [0.2, 0.25) is 0 Å². The van der Waals surface area contributed by atoms with Crippen LogP contribution in [0, 0.1) is 12.8 Å². The minimum atomic E-state index is -0.829. The summed E-state index contributed by atoms with van der Waals surface area (Å²) in [6.45, 7) is 7.48. The largest absolute Gasteiger partial charge is 0.505 e. The van der Waals surface area contributed by atoms with Crippen molar-refractivity contribution < 1.29 is 24.2 Å². The van der Waals surface area contributed by atoms with Crippen LogP contribution in [0.1, 0.15) is 49.7 Å². The first-order valence-electron chi connectivity index (χ1n) is 13.8. The number of Topliss-reactive ketones (excluding diaryl/α,β-unsaturated/α-hetero) is 1. The molecule has 1 amide bonds. The Morgan fingerprint density at radius 3 is 2.66 bits per heavy atom. The van der Waals surface area contributed by atoms with Crippen molar-refractivity contribution in [3.63, 3.8) is 0 Å². The Morgan fingerprint density at radius 1 is 1.10 bits per heavy atom. The number of aryl methyl sites for hydroxylation is 2. The lowest BCUT2D eigenvalue weighted by Crippen LogP contribution is -2.31. The third kappa shape index (κ3) is 5.54. The zero-order valence-electron chi connectivity index (χ0n) is 23.8. The number of nitrogens with zero attached hydrogens (tertiary/aromatic N) is 5. The predicted molar refractivity (Wildman–Crippen MR) is 154 cm³/mol. The van der Waals surface area contributed by atoms with Crippen LogP contribution >= 0.6 is 0 Å². The van der Waals surface area contributed by atoms with Gasteiger partial charge in [-0.3, -0.25) is 14.0 Å². The highest BCUT2D eigenvalue weighted by Gasteiger charge is 2.46. The van der Waals surface area contributed by atoms with Gasteiger partial charge in [0.1, 0.15) is 11.3 Å². The van der Waals surface area contributed by atoms with Gasteiger partial charge in [-0.15, -0.1) is 0 Å². The maximum atomic E-state index is 13.6. The third-order valence-corrected chi connectivity index (χ3v) is 7.30. The maximum absolute atomic E-state index is 13.6. The lowest BCUT2D eigenvalue weighted by molar-refractivity contribution is -0.139. The first-order valence-corrected chi connectivity index (χ1v) is 13.8. The number of methoxy groups -OCH3 is 1. The van der Waals surface area contributed by atoms with Crippen LogP contribution in [-0.2, 0) is 16.1 Å². The SMILES string of the molecule is COc1cc(C2/C(=C(\O)c3c(C)nc4ccccn34)C(=O)C(=O)N2CCCn2ccnc2)ccc1OCCC(C)C. The summed E-state index contributed by atoms with van der Waals surface area (Å²) in [5.41, 5.74) is 2.20. The van der Waals surface area contributed by atoms with Crippen molar-refractivity contribution in [2.75, 3.05) is 20.3 Å². The second-order valence-corrected chi connectivity index (χ2v) is 10.6. The number of hydrogen-bond donors (Lipinski definition) is 1. The number of fused-ring (bicyclic) bond motifs is 1. The van der Waals surface area contributed by atoms with Gasteiger partial charge in [-0.2, -0.15) is 0 Å². The molecule has 41 heavy (non-hydrogen) atoms. The van der Waals surface area contributed by atoms with Gasteiger partial charge in [0.25, 0.3) is 11.7 Å². The van der Waals surface area contributed by atoms with Crippen molar-refractivity contribution in [1.29, 1.82) is 0 Å². The van der Waals surface area contributed by atoms with E-state index in [-0.39, 0.29) is 11.3 Å². The van der Waals surface area contributed by atoms with E-state index >= 15 is 0 Å². The van der Waals surface area contributed by atoms with Crippen molar-refractivity contribution in [1.82, 2.24) is 23.8 Å². The zero-order valence-corrected chi connectivity index (χ0v) is 23.8. The molecule has 0 saturated carbocycles. The lowest BCUT2D eigenvalue weighted by atomic mass is 9.95. The quantitative estimate of drug-likeness (QED) is 0.160. The van der Waals surface area contributed by atoms with E-state index in [4.69, 9.17) is 9.47 Å². The highest BCUT2D eigenvalue weighted by Crippen LogP contribution is 2.42. The highest BCUT2D eigenvalue weighted by molar-refractivity contribution is 6.46. The molecule has 4 aromatic rings. The molecule has 0 bridgehead atoms. The Bertz CT molecular complexity index is 1590. The summed E-state index contributed by atoms with van der Waals surface area (Å²) in [6.07, 6.45) is 8.50. The van der Waals surface area contributed by atoms with Gasteiger partial charge >= 0.3 is 0 Å². The molecule has 0 aliphatic carbocycles. The number of imidazole rings is 2. The molecular formula is C31H35N5O5. The van der Waals surface area contributed by atoms with E-state index in [1.165, 1.54) is 4.90 Å². The summed E-state index contributed by atoms with van der Waals surface area (Å²) in [5, 5.41) is 11.7. The van der Waals surface area contributed by atoms with Gasteiger partial charge in [-0.1, -0.05) is 26.0 Å². The summed E-state index contributed by atoms with van der Waals surface area (Å²) in [7, 11) is 1.55. The summed E-state index contributed by atoms with van der Waals surface area (Å²) in [6, 6.07) is 10.0. The van der Waals surface area contributed by atoms with E-state index in [0.29, 0.717) is 66.1 Å². The minimum Gasteiger partial charge on any atom is -0.505 e. The van der Waals surface area contributed by atoms with Crippen molar-refractivity contribution in [2.45, 2.75) is 46.2 Å². The number of hydrogen-bond acceptors (Lipinski definition) is 7. The van der Waals surface area contributed by atoms with E-state index in [9.17, 15) is 14.7 Å². The van der Waals surface area contributed by atoms with Crippen molar-refractivity contribution in [3.05, 3.63) is 83.8 Å². The Labute approximate surface area is 238 Å². The standard InChI is InChI=1S/C31H35N5O5/c1-20(2)11-17-41-23-10-9-22(18-24(23)40-4)28-26(29(37)27-21(3)33-25-8-5-6-14-35(25)27)30(38)31(39)36(28)15-7-13-34-16-12-32-19-34/h5-6,8-10,12,14,16,18-20,28,37H,7,11,13,15,17H2,1-4H3/b29-26+. The molecule has 0 spiro atoms. The molecule has 1 saturated heterocycles. The molecule has 1 aromatic carbocycles. The fraction of sp³-hybridized carbons (Fsp3) is 0.355. The number of carbonyl (C=O) groups excluding carboxylic acids is 2. The summed E-state index contributed by atoms with van der Waals surface area (Å²) in [5.74, 6) is -0.113. The fourth-order valence-electron chi connectivity index (χ4n) is 5.20. The first-order chi connectivity index (χ1) is 19.8. The smallest absolute Gasteiger partial charge is 0.295 e. The number of likely N-dealkylation sites (tertiary alicyclic amines) is 1. The third-order valence-electron chi connectivity index (χ3n) is 7.30. The summed E-state index contributed by atoms with van der Waals surface area (Å²) in [4.78, 5) is 37.2. The number of aliphatic hydroxyl groups is 1. The second kappa shape index (κ2) is 11.9. The topological polar surface area (TPSA) is 111 Å². The fourth-order valence-corrected chi connectivity index (χ4v) is 5.20. The number of aromatic nitrogens is 4. The molecule has 3 aromatic heterocycles. The van der Waals surface area contributed by atoms with Crippen LogP contribution in [0.15, 0.2) is 66.9 Å². The lowest BCUT2D eigenvalue weighted by Gasteiger charge is -2.26. The number of rotatable bonds is 11. The number of benzene rings is 1. The normalized spacial score (nSPS) is 16.7. The van der Waals surface area contributed by atoms with Gasteiger partial charge in [0.2, 0.25) is 0 Å². The average molecular weight is 558 g/mol. The van der Waals surface area contributed by atoms with Gasteiger partial charge in [0.15, 0.2) is 17.3 Å². The molecule has 5 rings (SSSR count). The van der Waals surface area contributed by atoms with Crippen LogP contribution in [0.5, 0.6) is 11.5 Å². The zero-order chi connectivity index (χ0) is 29.1. The number of pyridine rings is 1. The Morgan fingerprint density at radius 2 is 1.93 bits per heavy atom. The van der Waals surface area contributed by atoms with Crippen LogP contribution in [0.3, 0.4) is 0 Å². The molecule has 1 unspecified atom stereocenters. The van der Waals surface area contributed by atoms with E-state index in [2.05, 4.69) is 23.8 Å². The molecule has 214 valence electrons. The molecule has 1 N–H and O–H groups in total. The number of ketones is 1. The highest BCUT2D eigenvalue weighted by atomic mass is 16.5. The minimum absolute atomic E-state index is 0.0157. The van der Waals surface area contributed by atoms with Gasteiger partial charge in [0.05, 0.1) is 37.4 Å². The predicted octanol–water partition coefficient (Wildman–Crippen LogP) is 4.78. The van der Waals surface area contributed by atoms with E-state index in [1.807, 2.05) is 35.0 Å². The monoisotopic (exact) mass is 557 g/mol. The molecule has 1 fully saturated rings. The summed E-state index contributed by atoms with van der Waals surface area (Å²) < 4.78 is 15.3. The molecule has 1 atom stereocenters. The Kier molecular flexibility index (Phi) is 8.09. The number of carbonyl (C=O) groups is 2. The second-order valence-electron chi connectivity index (χ2n) is 10.6. The van der Waals surface area contributed by atoms with Crippen LogP contribution in [0.25, 0.3) is 11.4 Å². The van der Waals surface area contributed by atoms with Gasteiger partial charge < -0.3 is 24.0 Å². The molecular weight excluding hydrogens is 522 g/mol.